The zero-order valence-electron chi connectivity index (χ0n) is 9.81. The zero-order valence-corrected chi connectivity index (χ0v) is 10.6. The molecule has 0 amide bonds. The maximum atomic E-state index is 11.6. The molecular formula is C12H12ClN3O2. The number of ether oxygens (including phenoxy) is 1. The topological polar surface area (TPSA) is 89.0 Å². The number of nitriles is 1. The molecule has 0 aliphatic carbocycles. The fourth-order valence-electron chi connectivity index (χ4n) is 1.26. The number of carbonyl (C=O) groups is 1. The normalized spacial score (nSPS) is 10.8. The van der Waals surface area contributed by atoms with Gasteiger partial charge in [-0.15, -0.1) is 0 Å². The molecule has 94 valence electrons. The number of nitrogens with zero attached hydrogens (tertiary/aromatic N) is 2. The van der Waals surface area contributed by atoms with Crippen molar-refractivity contribution in [2.24, 2.45) is 0 Å². The van der Waals surface area contributed by atoms with E-state index in [0.717, 1.165) is 0 Å². The van der Waals surface area contributed by atoms with Gasteiger partial charge in [0.25, 0.3) is 0 Å². The van der Waals surface area contributed by atoms with Crippen molar-refractivity contribution in [2.45, 2.75) is 13.3 Å². The van der Waals surface area contributed by atoms with E-state index in [9.17, 15) is 4.79 Å². The van der Waals surface area contributed by atoms with Crippen LogP contribution in [0.3, 0.4) is 0 Å². The van der Waals surface area contributed by atoms with Gasteiger partial charge < -0.3 is 10.5 Å². The molecule has 0 bridgehead atoms. The molecule has 6 heteroatoms. The number of anilines is 1. The second-order valence-corrected chi connectivity index (χ2v) is 3.72. The maximum Gasteiger partial charge on any atom is 0.335 e. The molecule has 18 heavy (non-hydrogen) atoms. The van der Waals surface area contributed by atoms with Crippen molar-refractivity contribution in [2.75, 3.05) is 12.3 Å². The second kappa shape index (κ2) is 6.62. The Labute approximate surface area is 110 Å². The summed E-state index contributed by atoms with van der Waals surface area (Å²) in [6.45, 7) is 1.94. The summed E-state index contributed by atoms with van der Waals surface area (Å²) < 4.78 is 4.85. The molecule has 0 atom stereocenters. The van der Waals surface area contributed by atoms with Crippen molar-refractivity contribution >= 4 is 29.5 Å². The first kappa shape index (κ1) is 14.0. The number of rotatable bonds is 4. The molecule has 0 aromatic carbocycles. The van der Waals surface area contributed by atoms with Crippen molar-refractivity contribution in [3.05, 3.63) is 28.4 Å². The quantitative estimate of drug-likeness (QED) is 0.512. The Balaban J connectivity index is 3.08. The second-order valence-electron chi connectivity index (χ2n) is 3.33. The number of nitrogen functional groups attached to an aromatic ring is 1. The number of hydrogen-bond donors (Lipinski definition) is 1. The van der Waals surface area contributed by atoms with Gasteiger partial charge in [-0.2, -0.15) is 5.26 Å². The highest BCUT2D eigenvalue weighted by Gasteiger charge is 2.11. The summed E-state index contributed by atoms with van der Waals surface area (Å²) in [5.74, 6) is -0.337. The van der Waals surface area contributed by atoms with Crippen LogP contribution in [-0.2, 0) is 9.53 Å². The van der Waals surface area contributed by atoms with Gasteiger partial charge in [0, 0.05) is 5.56 Å². The van der Waals surface area contributed by atoms with E-state index in [0.29, 0.717) is 5.56 Å². The van der Waals surface area contributed by atoms with Gasteiger partial charge >= 0.3 is 5.97 Å². The van der Waals surface area contributed by atoms with Gasteiger partial charge in [-0.25, -0.2) is 9.78 Å². The fraction of sp³-hybridized carbons (Fsp3) is 0.250. The molecule has 0 saturated heterocycles. The molecule has 1 aromatic rings. The van der Waals surface area contributed by atoms with E-state index in [1.165, 1.54) is 6.08 Å². The molecule has 5 nitrogen and oxygen atoms in total. The summed E-state index contributed by atoms with van der Waals surface area (Å²) in [7, 11) is 0. The van der Waals surface area contributed by atoms with Gasteiger partial charge in [0.1, 0.15) is 11.0 Å². The van der Waals surface area contributed by atoms with E-state index in [2.05, 4.69) is 4.98 Å². The van der Waals surface area contributed by atoms with Gasteiger partial charge in [-0.1, -0.05) is 11.6 Å². The van der Waals surface area contributed by atoms with Crippen molar-refractivity contribution in [3.63, 3.8) is 0 Å². The lowest BCUT2D eigenvalue weighted by atomic mass is 10.1. The Bertz CT molecular complexity index is 521. The molecule has 1 aromatic heterocycles. The third kappa shape index (κ3) is 3.75. The predicted octanol–water partition coefficient (Wildman–Crippen LogP) is 2.18. The van der Waals surface area contributed by atoms with Gasteiger partial charge in [0.15, 0.2) is 0 Å². The third-order valence-electron chi connectivity index (χ3n) is 2.06. The highest BCUT2D eigenvalue weighted by Crippen LogP contribution is 2.18. The molecule has 0 radical (unpaired) electrons. The number of nitrogens with two attached hydrogens (primary N) is 1. The van der Waals surface area contributed by atoms with E-state index in [-0.39, 0.29) is 29.6 Å². The average Bonchev–Trinajstić information content (AvgIpc) is 2.32. The lowest BCUT2D eigenvalue weighted by Gasteiger charge is -2.05. The van der Waals surface area contributed by atoms with Crippen LogP contribution in [-0.4, -0.2) is 17.6 Å². The summed E-state index contributed by atoms with van der Waals surface area (Å²) in [6, 6.07) is 5.08. The molecule has 0 aliphatic rings. The van der Waals surface area contributed by atoms with Gasteiger partial charge in [-0.3, -0.25) is 0 Å². The number of esters is 1. The van der Waals surface area contributed by atoms with Crippen LogP contribution in [0.5, 0.6) is 0 Å². The summed E-state index contributed by atoms with van der Waals surface area (Å²) in [6.07, 6.45) is 1.43. The van der Waals surface area contributed by atoms with Gasteiger partial charge in [0.05, 0.1) is 24.7 Å². The van der Waals surface area contributed by atoms with Crippen LogP contribution in [0.15, 0.2) is 17.7 Å². The van der Waals surface area contributed by atoms with Crippen LogP contribution in [0.1, 0.15) is 18.9 Å². The van der Waals surface area contributed by atoms with Crippen molar-refractivity contribution in [3.8, 4) is 6.07 Å². The first-order valence-electron chi connectivity index (χ1n) is 5.25. The van der Waals surface area contributed by atoms with Crippen molar-refractivity contribution in [1.82, 2.24) is 4.98 Å². The van der Waals surface area contributed by atoms with E-state index in [1.54, 1.807) is 19.1 Å². The number of aromatic nitrogens is 1. The zero-order chi connectivity index (χ0) is 13.5. The SMILES string of the molecule is CCOC(=O)/C(=C/c1ccc(Cl)nc1N)CC#N. The van der Waals surface area contributed by atoms with Crippen molar-refractivity contribution < 1.29 is 9.53 Å². The minimum absolute atomic E-state index is 0.0547. The Kier molecular flexibility index (Phi) is 5.15. The molecule has 0 spiro atoms. The Morgan fingerprint density at radius 2 is 2.39 bits per heavy atom. The standard InChI is InChI=1S/C12H12ClN3O2/c1-2-18-12(17)9(5-6-14)7-8-3-4-10(13)16-11(8)15/h3-4,7H,2,5H2,1H3,(H2,15,16)/b9-7+. The average molecular weight is 266 g/mol. The van der Waals surface area contributed by atoms with Gasteiger partial charge in [-0.05, 0) is 25.1 Å². The first-order chi connectivity index (χ1) is 8.58. The lowest BCUT2D eigenvalue weighted by Crippen LogP contribution is -2.07. The lowest BCUT2D eigenvalue weighted by molar-refractivity contribution is -0.138. The maximum absolute atomic E-state index is 11.6. The van der Waals surface area contributed by atoms with Crippen LogP contribution >= 0.6 is 11.6 Å². The molecule has 0 aliphatic heterocycles. The minimum Gasteiger partial charge on any atom is -0.463 e. The van der Waals surface area contributed by atoms with Gasteiger partial charge in [0.2, 0.25) is 0 Å². The van der Waals surface area contributed by atoms with E-state index >= 15 is 0 Å². The molecule has 2 N–H and O–H groups in total. The van der Waals surface area contributed by atoms with Crippen LogP contribution in [0.4, 0.5) is 5.82 Å². The minimum atomic E-state index is -0.534. The van der Waals surface area contributed by atoms with E-state index < -0.39 is 5.97 Å². The van der Waals surface area contributed by atoms with Crippen molar-refractivity contribution in [1.29, 1.82) is 5.26 Å². The van der Waals surface area contributed by atoms with Crippen LogP contribution < -0.4 is 5.73 Å². The fourth-order valence-corrected chi connectivity index (χ4v) is 1.42. The highest BCUT2D eigenvalue weighted by atomic mass is 35.5. The predicted molar refractivity (Wildman–Crippen MR) is 68.5 cm³/mol. The summed E-state index contributed by atoms with van der Waals surface area (Å²) in [5.41, 5.74) is 6.42. The number of pyridine rings is 1. The summed E-state index contributed by atoms with van der Waals surface area (Å²) in [4.78, 5) is 15.4. The Morgan fingerprint density at radius 3 is 2.94 bits per heavy atom. The monoisotopic (exact) mass is 265 g/mol. The third-order valence-corrected chi connectivity index (χ3v) is 2.27. The van der Waals surface area contributed by atoms with E-state index in [1.807, 2.05) is 6.07 Å². The Morgan fingerprint density at radius 1 is 1.67 bits per heavy atom. The first-order valence-corrected chi connectivity index (χ1v) is 5.63. The number of carbonyl (C=O) groups excluding carboxylic acids is 1. The molecule has 0 fully saturated rings. The van der Waals surface area contributed by atoms with Crippen LogP contribution in [0.2, 0.25) is 5.15 Å². The smallest absolute Gasteiger partial charge is 0.335 e. The van der Waals surface area contributed by atoms with Crippen LogP contribution in [0.25, 0.3) is 6.08 Å². The van der Waals surface area contributed by atoms with E-state index in [4.69, 9.17) is 27.3 Å². The number of halogens is 1. The Hall–Kier alpha value is -2.06. The summed E-state index contributed by atoms with van der Waals surface area (Å²) >= 11 is 5.67. The molecule has 0 saturated carbocycles. The number of hydrogen-bond acceptors (Lipinski definition) is 5. The molecular weight excluding hydrogens is 254 g/mol. The largest absolute Gasteiger partial charge is 0.463 e. The summed E-state index contributed by atoms with van der Waals surface area (Å²) in [5, 5.41) is 8.94. The molecule has 0 unspecified atom stereocenters. The molecule has 1 rings (SSSR count). The molecule has 1 heterocycles. The van der Waals surface area contributed by atoms with Crippen LogP contribution in [0, 0.1) is 11.3 Å². The highest BCUT2D eigenvalue weighted by molar-refractivity contribution is 6.29.